The molecule has 1 rings (SSSR count). The third-order valence-corrected chi connectivity index (χ3v) is 2.32. The van der Waals surface area contributed by atoms with Crippen LogP contribution in [0.2, 0.25) is 0 Å². The molecule has 13 heavy (non-hydrogen) atoms. The van der Waals surface area contributed by atoms with Crippen molar-refractivity contribution >= 4 is 0 Å². The fourth-order valence-corrected chi connectivity index (χ4v) is 1.27. The molecule has 2 nitrogen and oxygen atoms in total. The zero-order chi connectivity index (χ0) is 10.0. The number of nitrogens with two attached hydrogens (primary N) is 1. The maximum atomic E-state index is 9.32. The van der Waals surface area contributed by atoms with E-state index in [1.165, 1.54) is 0 Å². The Morgan fingerprint density at radius 2 is 1.92 bits per heavy atom. The van der Waals surface area contributed by atoms with Gasteiger partial charge in [-0.3, -0.25) is 0 Å². The van der Waals surface area contributed by atoms with E-state index < -0.39 is 0 Å². The Balaban J connectivity index is 2.97. The molecule has 0 amide bonds. The zero-order valence-corrected chi connectivity index (χ0v) is 8.41. The van der Waals surface area contributed by atoms with Gasteiger partial charge in [0.25, 0.3) is 0 Å². The highest BCUT2D eigenvalue weighted by atomic mass is 16.3. The van der Waals surface area contributed by atoms with Gasteiger partial charge in [0.2, 0.25) is 0 Å². The Morgan fingerprint density at radius 3 is 2.38 bits per heavy atom. The van der Waals surface area contributed by atoms with E-state index in [1.807, 2.05) is 19.1 Å². The predicted molar refractivity (Wildman–Crippen MR) is 54.6 cm³/mol. The number of phenols is 1. The summed E-state index contributed by atoms with van der Waals surface area (Å²) in [5.41, 5.74) is 7.95. The Bertz CT molecular complexity index is 294. The summed E-state index contributed by atoms with van der Waals surface area (Å²) >= 11 is 0. The van der Waals surface area contributed by atoms with Crippen LogP contribution in [0.15, 0.2) is 18.2 Å². The van der Waals surface area contributed by atoms with Crippen LogP contribution in [-0.2, 0) is 0 Å². The van der Waals surface area contributed by atoms with E-state index in [0.717, 1.165) is 11.1 Å². The summed E-state index contributed by atoms with van der Waals surface area (Å²) in [7, 11) is 0. The highest BCUT2D eigenvalue weighted by Crippen LogP contribution is 2.23. The number of hydrogen-bond acceptors (Lipinski definition) is 2. The molecule has 0 aliphatic carbocycles. The van der Waals surface area contributed by atoms with Crippen LogP contribution in [0.25, 0.3) is 0 Å². The van der Waals surface area contributed by atoms with E-state index in [0.29, 0.717) is 11.7 Å². The van der Waals surface area contributed by atoms with E-state index in [2.05, 4.69) is 13.8 Å². The quantitative estimate of drug-likeness (QED) is 0.732. The molecule has 0 aliphatic rings. The van der Waals surface area contributed by atoms with Gasteiger partial charge in [0.1, 0.15) is 5.75 Å². The van der Waals surface area contributed by atoms with Gasteiger partial charge in [-0.2, -0.15) is 0 Å². The summed E-state index contributed by atoms with van der Waals surface area (Å²) in [4.78, 5) is 0. The average molecular weight is 179 g/mol. The van der Waals surface area contributed by atoms with E-state index in [4.69, 9.17) is 5.73 Å². The third-order valence-electron chi connectivity index (χ3n) is 2.32. The minimum Gasteiger partial charge on any atom is -0.508 e. The van der Waals surface area contributed by atoms with Crippen molar-refractivity contribution in [3.05, 3.63) is 29.3 Å². The lowest BCUT2D eigenvalue weighted by Crippen LogP contribution is -2.16. The highest BCUT2D eigenvalue weighted by Gasteiger charge is 2.10. The lowest BCUT2D eigenvalue weighted by molar-refractivity contribution is 0.468. The lowest BCUT2D eigenvalue weighted by Gasteiger charge is -2.16. The molecule has 0 spiro atoms. The van der Waals surface area contributed by atoms with Crippen LogP contribution in [0.5, 0.6) is 5.75 Å². The third kappa shape index (κ3) is 2.22. The first-order valence-electron chi connectivity index (χ1n) is 4.57. The van der Waals surface area contributed by atoms with Crippen molar-refractivity contribution in [2.24, 2.45) is 11.7 Å². The summed E-state index contributed by atoms with van der Waals surface area (Å²) in [5.74, 6) is 0.753. The smallest absolute Gasteiger partial charge is 0.118 e. The maximum absolute atomic E-state index is 9.32. The zero-order valence-electron chi connectivity index (χ0n) is 8.41. The van der Waals surface area contributed by atoms with Crippen LogP contribution in [0, 0.1) is 12.8 Å². The van der Waals surface area contributed by atoms with Crippen molar-refractivity contribution in [2.75, 3.05) is 0 Å². The summed E-state index contributed by atoms with van der Waals surface area (Å²) < 4.78 is 0. The number of aryl methyl sites for hydroxylation is 1. The lowest BCUT2D eigenvalue weighted by atomic mass is 9.96. The molecule has 0 heterocycles. The van der Waals surface area contributed by atoms with Gasteiger partial charge < -0.3 is 10.8 Å². The topological polar surface area (TPSA) is 46.2 Å². The molecule has 0 saturated heterocycles. The van der Waals surface area contributed by atoms with E-state index in [1.54, 1.807) is 6.07 Å². The normalized spacial score (nSPS) is 13.3. The number of benzene rings is 1. The predicted octanol–water partition coefficient (Wildman–Crippen LogP) is 2.36. The number of phenolic OH excluding ortho intramolecular Hbond substituents is 1. The number of aromatic hydroxyl groups is 1. The van der Waals surface area contributed by atoms with Crippen molar-refractivity contribution in [2.45, 2.75) is 26.8 Å². The highest BCUT2D eigenvalue weighted by molar-refractivity contribution is 5.36. The monoisotopic (exact) mass is 179 g/mol. The van der Waals surface area contributed by atoms with Gasteiger partial charge in [-0.05, 0) is 30.0 Å². The molecule has 0 aliphatic heterocycles. The Morgan fingerprint density at radius 1 is 1.31 bits per heavy atom. The summed E-state index contributed by atoms with van der Waals surface area (Å²) in [6, 6.07) is 5.58. The fourth-order valence-electron chi connectivity index (χ4n) is 1.27. The molecular formula is C11H17NO. The minimum atomic E-state index is 0.0549. The molecule has 0 fully saturated rings. The molecule has 72 valence electrons. The Labute approximate surface area is 79.4 Å². The van der Waals surface area contributed by atoms with Crippen molar-refractivity contribution in [3.8, 4) is 5.75 Å². The van der Waals surface area contributed by atoms with Crippen LogP contribution in [0.3, 0.4) is 0 Å². The van der Waals surface area contributed by atoms with Crippen LogP contribution in [-0.4, -0.2) is 5.11 Å². The average Bonchev–Trinajstić information content (AvgIpc) is 2.08. The first-order valence-corrected chi connectivity index (χ1v) is 4.57. The van der Waals surface area contributed by atoms with Crippen LogP contribution in [0.1, 0.15) is 31.0 Å². The van der Waals surface area contributed by atoms with Gasteiger partial charge in [0.05, 0.1) is 0 Å². The van der Waals surface area contributed by atoms with Crippen LogP contribution in [0.4, 0.5) is 0 Å². The molecule has 0 bridgehead atoms. The fraction of sp³-hybridized carbons (Fsp3) is 0.455. The second kappa shape index (κ2) is 3.79. The van der Waals surface area contributed by atoms with Crippen molar-refractivity contribution in [3.63, 3.8) is 0 Å². The minimum absolute atomic E-state index is 0.0549. The van der Waals surface area contributed by atoms with Crippen molar-refractivity contribution < 1.29 is 5.11 Å². The van der Waals surface area contributed by atoms with Gasteiger partial charge in [0.15, 0.2) is 0 Å². The van der Waals surface area contributed by atoms with Crippen molar-refractivity contribution in [1.29, 1.82) is 0 Å². The summed E-state index contributed by atoms with van der Waals surface area (Å²) in [6.07, 6.45) is 0. The molecule has 0 unspecified atom stereocenters. The van der Waals surface area contributed by atoms with Gasteiger partial charge in [-0.15, -0.1) is 0 Å². The molecular weight excluding hydrogens is 162 g/mol. The number of rotatable bonds is 2. The Hall–Kier alpha value is -1.02. The Kier molecular flexibility index (Phi) is 2.94. The van der Waals surface area contributed by atoms with E-state index >= 15 is 0 Å². The van der Waals surface area contributed by atoms with Gasteiger partial charge in [-0.25, -0.2) is 0 Å². The SMILES string of the molecule is Cc1cc([C@@H](N)C(C)C)ccc1O. The van der Waals surface area contributed by atoms with Crippen LogP contribution < -0.4 is 5.73 Å². The standard InChI is InChI=1S/C11H17NO/c1-7(2)11(12)9-4-5-10(13)8(3)6-9/h4-7,11,13H,12H2,1-3H3/t11-/m0/s1. The second-order valence-corrected chi connectivity index (χ2v) is 3.82. The largest absolute Gasteiger partial charge is 0.508 e. The van der Waals surface area contributed by atoms with Crippen LogP contribution >= 0.6 is 0 Å². The molecule has 0 aromatic heterocycles. The molecule has 0 radical (unpaired) electrons. The van der Waals surface area contributed by atoms with Gasteiger partial charge in [0, 0.05) is 6.04 Å². The first kappa shape index (κ1) is 10.1. The molecule has 1 aromatic rings. The number of hydrogen-bond donors (Lipinski definition) is 2. The maximum Gasteiger partial charge on any atom is 0.118 e. The molecule has 2 heteroatoms. The van der Waals surface area contributed by atoms with Gasteiger partial charge >= 0.3 is 0 Å². The molecule has 0 saturated carbocycles. The summed E-state index contributed by atoms with van der Waals surface area (Å²) in [5, 5.41) is 9.32. The first-order chi connectivity index (χ1) is 6.02. The summed E-state index contributed by atoms with van der Waals surface area (Å²) in [6.45, 7) is 6.06. The van der Waals surface area contributed by atoms with E-state index in [-0.39, 0.29) is 6.04 Å². The molecule has 1 atom stereocenters. The van der Waals surface area contributed by atoms with Gasteiger partial charge in [-0.1, -0.05) is 26.0 Å². The van der Waals surface area contributed by atoms with E-state index in [9.17, 15) is 5.11 Å². The van der Waals surface area contributed by atoms with Crippen molar-refractivity contribution in [1.82, 2.24) is 0 Å². The molecule has 3 N–H and O–H groups in total. The second-order valence-electron chi connectivity index (χ2n) is 3.82. The molecule has 1 aromatic carbocycles.